The van der Waals surface area contributed by atoms with Gasteiger partial charge in [0.15, 0.2) is 17.3 Å². The summed E-state index contributed by atoms with van der Waals surface area (Å²) in [6.45, 7) is 1.35. The van der Waals surface area contributed by atoms with Crippen molar-refractivity contribution in [2.45, 2.75) is 24.9 Å². The molecule has 23 heavy (non-hydrogen) atoms. The van der Waals surface area contributed by atoms with Gasteiger partial charge < -0.3 is 24.3 Å². The van der Waals surface area contributed by atoms with Crippen LogP contribution in [0.3, 0.4) is 0 Å². The van der Waals surface area contributed by atoms with E-state index in [1.807, 2.05) is 0 Å². The van der Waals surface area contributed by atoms with Crippen molar-refractivity contribution in [2.24, 2.45) is 5.92 Å². The maximum absolute atomic E-state index is 12.9. The summed E-state index contributed by atoms with van der Waals surface area (Å²) in [5, 5.41) is 3.51. The van der Waals surface area contributed by atoms with E-state index < -0.39 is 0 Å². The number of piperidine rings is 1. The third-order valence-electron chi connectivity index (χ3n) is 4.57. The van der Waals surface area contributed by atoms with Crippen LogP contribution in [0.1, 0.15) is 23.2 Å². The maximum Gasteiger partial charge on any atom is 0.203 e. The molecule has 0 amide bonds. The van der Waals surface area contributed by atoms with Gasteiger partial charge in [-0.2, -0.15) is 0 Å². The molecule has 2 saturated heterocycles. The first-order valence-electron chi connectivity index (χ1n) is 7.84. The third kappa shape index (κ3) is 3.14. The molecule has 2 bridgehead atoms. The normalized spacial score (nSPS) is 26.5. The second kappa shape index (κ2) is 6.76. The first kappa shape index (κ1) is 16.1. The highest BCUT2D eigenvalue weighted by molar-refractivity contribution is 5.99. The van der Waals surface area contributed by atoms with Crippen LogP contribution >= 0.6 is 0 Å². The number of morpholine rings is 1. The molecule has 6 heteroatoms. The van der Waals surface area contributed by atoms with E-state index in [2.05, 4.69) is 5.32 Å². The van der Waals surface area contributed by atoms with E-state index in [1.54, 1.807) is 33.5 Å². The van der Waals surface area contributed by atoms with E-state index in [0.717, 1.165) is 12.8 Å². The quantitative estimate of drug-likeness (QED) is 0.832. The first-order chi connectivity index (χ1) is 11.2. The average molecular weight is 321 g/mol. The summed E-state index contributed by atoms with van der Waals surface area (Å²) in [6.07, 6.45) is 1.60. The van der Waals surface area contributed by atoms with Gasteiger partial charge in [-0.15, -0.1) is 0 Å². The van der Waals surface area contributed by atoms with E-state index in [1.165, 1.54) is 0 Å². The third-order valence-corrected chi connectivity index (χ3v) is 4.57. The smallest absolute Gasteiger partial charge is 0.203 e. The summed E-state index contributed by atoms with van der Waals surface area (Å²) in [6, 6.07) is 3.99. The summed E-state index contributed by atoms with van der Waals surface area (Å²) in [4.78, 5) is 12.9. The van der Waals surface area contributed by atoms with Crippen LogP contribution in [-0.4, -0.2) is 52.4 Å². The van der Waals surface area contributed by atoms with Crippen molar-refractivity contribution in [3.63, 3.8) is 0 Å². The fourth-order valence-electron chi connectivity index (χ4n) is 3.51. The Bertz CT molecular complexity index is 551. The summed E-state index contributed by atoms with van der Waals surface area (Å²) in [5.74, 6) is 1.64. The number of nitrogens with one attached hydrogen (secondary N) is 1. The molecule has 1 N–H and O–H groups in total. The molecule has 0 aromatic heterocycles. The topological polar surface area (TPSA) is 66.0 Å². The largest absolute Gasteiger partial charge is 0.493 e. The van der Waals surface area contributed by atoms with Gasteiger partial charge in [0.25, 0.3) is 0 Å². The fourth-order valence-corrected chi connectivity index (χ4v) is 3.51. The van der Waals surface area contributed by atoms with Crippen LogP contribution in [0.4, 0.5) is 0 Å². The highest BCUT2D eigenvalue weighted by Gasteiger charge is 2.36. The molecule has 1 aromatic carbocycles. The van der Waals surface area contributed by atoms with Crippen molar-refractivity contribution >= 4 is 5.78 Å². The second-order valence-electron chi connectivity index (χ2n) is 6.04. The molecule has 0 aliphatic carbocycles. The van der Waals surface area contributed by atoms with Crippen molar-refractivity contribution < 1.29 is 23.7 Å². The zero-order valence-electron chi connectivity index (χ0n) is 13.8. The van der Waals surface area contributed by atoms with Gasteiger partial charge in [0.1, 0.15) is 0 Å². The van der Waals surface area contributed by atoms with Crippen LogP contribution in [0, 0.1) is 5.92 Å². The molecule has 2 aliphatic heterocycles. The van der Waals surface area contributed by atoms with Crippen LogP contribution < -0.4 is 19.5 Å². The highest BCUT2D eigenvalue weighted by Crippen LogP contribution is 2.39. The van der Waals surface area contributed by atoms with E-state index in [9.17, 15) is 4.79 Å². The summed E-state index contributed by atoms with van der Waals surface area (Å²) >= 11 is 0. The second-order valence-corrected chi connectivity index (χ2v) is 6.04. The number of rotatable bonds is 5. The Hall–Kier alpha value is -1.79. The number of methoxy groups -OCH3 is 3. The van der Waals surface area contributed by atoms with Gasteiger partial charge in [0, 0.05) is 23.6 Å². The van der Waals surface area contributed by atoms with E-state index in [-0.39, 0.29) is 23.8 Å². The molecular weight excluding hydrogens is 298 g/mol. The minimum atomic E-state index is -0.00189. The Morgan fingerprint density at radius 2 is 1.61 bits per heavy atom. The standard InChI is InChI=1S/C17H23NO5/c1-20-14-6-11(7-15(21-2)17(14)22-3)16(19)10-4-12-8-23-9-13(5-10)18-12/h6-7,10,12-13,18H,4-5,8-9H2,1-3H3. The number of ether oxygens (including phenoxy) is 4. The zero-order valence-corrected chi connectivity index (χ0v) is 13.8. The van der Waals surface area contributed by atoms with Crippen LogP contribution in [0.25, 0.3) is 0 Å². The molecule has 2 fully saturated rings. The number of fused-ring (bicyclic) bond motifs is 2. The van der Waals surface area contributed by atoms with Gasteiger partial charge >= 0.3 is 0 Å². The van der Waals surface area contributed by atoms with Gasteiger partial charge in [-0.25, -0.2) is 0 Å². The van der Waals surface area contributed by atoms with Crippen molar-refractivity contribution in [3.05, 3.63) is 17.7 Å². The SMILES string of the molecule is COc1cc(C(=O)C2CC3COCC(C2)N3)cc(OC)c1OC. The lowest BCUT2D eigenvalue weighted by Gasteiger charge is -2.39. The number of carbonyl (C=O) groups is 1. The lowest BCUT2D eigenvalue weighted by atomic mass is 9.82. The van der Waals surface area contributed by atoms with Crippen molar-refractivity contribution in [1.82, 2.24) is 5.32 Å². The van der Waals surface area contributed by atoms with Crippen molar-refractivity contribution in [3.8, 4) is 17.2 Å². The molecule has 6 nitrogen and oxygen atoms in total. The van der Waals surface area contributed by atoms with Crippen LogP contribution in [-0.2, 0) is 4.74 Å². The Morgan fingerprint density at radius 1 is 1.04 bits per heavy atom. The van der Waals surface area contributed by atoms with Crippen molar-refractivity contribution in [1.29, 1.82) is 0 Å². The van der Waals surface area contributed by atoms with Crippen molar-refractivity contribution in [2.75, 3.05) is 34.5 Å². The molecule has 3 rings (SSSR count). The number of Topliss-reactive ketones (excluding diaryl/α,β-unsaturated/α-hetero) is 1. The summed E-state index contributed by atoms with van der Waals surface area (Å²) in [7, 11) is 4.66. The first-order valence-corrected chi connectivity index (χ1v) is 7.84. The van der Waals surface area contributed by atoms with Gasteiger partial charge in [-0.1, -0.05) is 0 Å². The number of carbonyl (C=O) groups excluding carboxylic acids is 1. The van der Waals surface area contributed by atoms with Gasteiger partial charge in [-0.05, 0) is 25.0 Å². The molecular formula is C17H23NO5. The maximum atomic E-state index is 12.9. The number of hydrogen-bond acceptors (Lipinski definition) is 6. The van der Waals surface area contributed by atoms with E-state index in [0.29, 0.717) is 36.0 Å². The molecule has 2 unspecified atom stereocenters. The molecule has 2 heterocycles. The van der Waals surface area contributed by atoms with Crippen LogP contribution in [0.2, 0.25) is 0 Å². The Balaban J connectivity index is 1.87. The Labute approximate surface area is 136 Å². The average Bonchev–Trinajstić information content (AvgIpc) is 2.59. The molecule has 0 spiro atoms. The lowest BCUT2D eigenvalue weighted by molar-refractivity contribution is 0.00952. The van der Waals surface area contributed by atoms with Crippen LogP contribution in [0.5, 0.6) is 17.2 Å². The Kier molecular flexibility index (Phi) is 4.73. The molecule has 2 atom stereocenters. The lowest BCUT2D eigenvalue weighted by Crippen LogP contribution is -2.55. The molecule has 0 radical (unpaired) electrons. The van der Waals surface area contributed by atoms with Gasteiger partial charge in [0.05, 0.1) is 34.5 Å². The molecule has 1 aromatic rings. The Morgan fingerprint density at radius 3 is 2.09 bits per heavy atom. The highest BCUT2D eigenvalue weighted by atomic mass is 16.5. The monoisotopic (exact) mass is 321 g/mol. The predicted octanol–water partition coefficient (Wildman–Crippen LogP) is 1.66. The van der Waals surface area contributed by atoms with Gasteiger partial charge in [-0.3, -0.25) is 4.79 Å². The fraction of sp³-hybridized carbons (Fsp3) is 0.588. The number of hydrogen-bond donors (Lipinski definition) is 1. The number of ketones is 1. The summed E-state index contributed by atoms with van der Waals surface area (Å²) in [5.41, 5.74) is 0.602. The summed E-state index contributed by atoms with van der Waals surface area (Å²) < 4.78 is 21.5. The zero-order chi connectivity index (χ0) is 16.4. The minimum absolute atomic E-state index is 0.00189. The molecule has 2 aliphatic rings. The number of benzene rings is 1. The van der Waals surface area contributed by atoms with E-state index in [4.69, 9.17) is 18.9 Å². The minimum Gasteiger partial charge on any atom is -0.493 e. The molecule has 126 valence electrons. The van der Waals surface area contributed by atoms with Gasteiger partial charge in [0.2, 0.25) is 5.75 Å². The molecule has 0 saturated carbocycles. The van der Waals surface area contributed by atoms with Crippen LogP contribution in [0.15, 0.2) is 12.1 Å². The van der Waals surface area contributed by atoms with E-state index >= 15 is 0 Å². The predicted molar refractivity (Wildman–Crippen MR) is 84.7 cm³/mol.